The topological polar surface area (TPSA) is 312 Å². The van der Waals surface area contributed by atoms with Crippen LogP contribution >= 0.6 is 0 Å². The Balaban J connectivity index is 1.16. The zero-order chi connectivity index (χ0) is 47.6. The van der Waals surface area contributed by atoms with Gasteiger partial charge in [-0.1, -0.05) is 78.9 Å². The molecule has 0 aromatic heterocycles. The van der Waals surface area contributed by atoms with Crippen LogP contribution in [0.25, 0.3) is 11.1 Å². The second-order valence-corrected chi connectivity index (χ2v) is 15.5. The third kappa shape index (κ3) is 14.5. The van der Waals surface area contributed by atoms with E-state index in [1.165, 1.54) is 0 Å². The highest BCUT2D eigenvalue weighted by Gasteiger charge is 2.43. The van der Waals surface area contributed by atoms with E-state index in [0.29, 0.717) is 12.2 Å². The average Bonchev–Trinajstić information content (AvgIpc) is 3.64. The van der Waals surface area contributed by atoms with Gasteiger partial charge in [-0.3, -0.25) is 28.8 Å². The normalized spacial score (nSPS) is 19.4. The second-order valence-electron chi connectivity index (χ2n) is 15.5. The standard InChI is InChI=1S/C45H57N7O14/c1-2-64-25-50-38(56)21-49-44(62)33(18-26-10-4-3-5-11-26)51-39(57)22-47-37(55)20-48-43(61)32(16-17-36(54)46-19-34-40(58)42(60)41(59)35(23-53)66-34)52-45(63)65-24-31-29-14-8-6-12-27(29)28-13-7-9-15-30(28)31/h3-15,31-35,40-42,53,58-60H,2,16-25H2,1H3,(H,46,54)(H,47,55)(H,48,61)(H,49,62)(H,50,56)(H,51,57)(H,52,63)/t32-,33-,34-,35+,40-,41+,42+/m0/s1. The SMILES string of the molecule is CCOCNC(=O)CNC(=O)[C@H](Cc1ccccc1)NC(=O)CNC(=O)CNC(=O)[C@H](CCC(=O)NC[C@@H]1O[C@H](CO)[C@@H](O)[C@H](O)[C@H]1O)NC(=O)OCC1c2ccccc2-c2ccccc21. The van der Waals surface area contributed by atoms with Gasteiger partial charge in [0, 0.05) is 31.9 Å². The van der Waals surface area contributed by atoms with Crippen LogP contribution in [0.4, 0.5) is 4.79 Å². The van der Waals surface area contributed by atoms with Gasteiger partial charge in [-0.15, -0.1) is 0 Å². The maximum Gasteiger partial charge on any atom is 0.407 e. The molecular weight excluding hydrogens is 863 g/mol. The fourth-order valence-electron chi connectivity index (χ4n) is 7.40. The Labute approximate surface area is 380 Å². The predicted molar refractivity (Wildman–Crippen MR) is 234 cm³/mol. The summed E-state index contributed by atoms with van der Waals surface area (Å²) in [5.41, 5.74) is 4.60. The van der Waals surface area contributed by atoms with E-state index in [0.717, 1.165) is 22.3 Å². The smallest absolute Gasteiger partial charge is 0.407 e. The van der Waals surface area contributed by atoms with Gasteiger partial charge in [0.15, 0.2) is 0 Å². The zero-order valence-electron chi connectivity index (χ0n) is 36.3. The Morgan fingerprint density at radius 2 is 1.21 bits per heavy atom. The quantitative estimate of drug-likeness (QED) is 0.0356. The molecule has 7 amide bonds. The first-order valence-corrected chi connectivity index (χ1v) is 21.5. The molecule has 66 heavy (non-hydrogen) atoms. The number of carbonyl (C=O) groups excluding carboxylic acids is 7. The van der Waals surface area contributed by atoms with E-state index >= 15 is 0 Å². The van der Waals surface area contributed by atoms with Crippen molar-refractivity contribution in [1.82, 2.24) is 37.2 Å². The molecule has 3 aromatic carbocycles. The summed E-state index contributed by atoms with van der Waals surface area (Å²) in [6, 6.07) is 21.6. The molecule has 1 aliphatic heterocycles. The van der Waals surface area contributed by atoms with Gasteiger partial charge in [0.2, 0.25) is 35.4 Å². The number of benzene rings is 3. The van der Waals surface area contributed by atoms with Crippen molar-refractivity contribution in [1.29, 1.82) is 0 Å². The van der Waals surface area contributed by atoms with E-state index in [1.807, 2.05) is 48.5 Å². The first-order valence-electron chi connectivity index (χ1n) is 21.5. The minimum Gasteiger partial charge on any atom is -0.449 e. The average molecular weight is 920 g/mol. The third-order valence-corrected chi connectivity index (χ3v) is 10.9. The summed E-state index contributed by atoms with van der Waals surface area (Å²) in [4.78, 5) is 90.7. The lowest BCUT2D eigenvalue weighted by atomic mass is 9.95. The summed E-state index contributed by atoms with van der Waals surface area (Å²) in [5, 5.41) is 57.2. The van der Waals surface area contributed by atoms with Crippen molar-refractivity contribution < 1.29 is 68.2 Å². The minimum absolute atomic E-state index is 0.0421. The van der Waals surface area contributed by atoms with E-state index < -0.39 is 104 Å². The molecule has 21 heteroatoms. The number of hydrogen-bond acceptors (Lipinski definition) is 14. The molecule has 1 aliphatic carbocycles. The van der Waals surface area contributed by atoms with Crippen molar-refractivity contribution in [2.24, 2.45) is 0 Å². The highest BCUT2D eigenvalue weighted by Crippen LogP contribution is 2.44. The number of nitrogens with one attached hydrogen (secondary N) is 7. The van der Waals surface area contributed by atoms with Crippen LogP contribution in [-0.2, 0) is 49.4 Å². The van der Waals surface area contributed by atoms with E-state index in [4.69, 9.17) is 14.2 Å². The molecule has 7 atom stereocenters. The van der Waals surface area contributed by atoms with Crippen LogP contribution in [0.5, 0.6) is 0 Å². The molecule has 0 unspecified atom stereocenters. The van der Waals surface area contributed by atoms with Gasteiger partial charge in [0.25, 0.3) is 0 Å². The molecule has 1 heterocycles. The highest BCUT2D eigenvalue weighted by molar-refractivity contribution is 5.93. The first-order chi connectivity index (χ1) is 31.8. The van der Waals surface area contributed by atoms with Crippen LogP contribution < -0.4 is 37.2 Å². The Morgan fingerprint density at radius 3 is 1.85 bits per heavy atom. The van der Waals surface area contributed by atoms with Crippen molar-refractivity contribution >= 4 is 41.5 Å². The summed E-state index contributed by atoms with van der Waals surface area (Å²) < 4.78 is 16.1. The Bertz CT molecular complexity index is 2100. The van der Waals surface area contributed by atoms with Crippen LogP contribution in [0.15, 0.2) is 78.9 Å². The number of aliphatic hydroxyl groups excluding tert-OH is 4. The Kier molecular flexibility index (Phi) is 19.3. The van der Waals surface area contributed by atoms with Gasteiger partial charge in [-0.05, 0) is 41.2 Å². The van der Waals surface area contributed by atoms with Crippen LogP contribution in [0, 0.1) is 0 Å². The van der Waals surface area contributed by atoms with Crippen molar-refractivity contribution in [2.75, 3.05) is 52.7 Å². The van der Waals surface area contributed by atoms with Gasteiger partial charge < -0.3 is 71.9 Å². The third-order valence-electron chi connectivity index (χ3n) is 10.9. The van der Waals surface area contributed by atoms with Gasteiger partial charge in [0.1, 0.15) is 55.9 Å². The summed E-state index contributed by atoms with van der Waals surface area (Å²) in [5.74, 6) is -4.58. The van der Waals surface area contributed by atoms with Crippen LogP contribution in [0.2, 0.25) is 0 Å². The number of fused-ring (bicyclic) bond motifs is 3. The predicted octanol–water partition coefficient (Wildman–Crippen LogP) is -2.18. The van der Waals surface area contributed by atoms with Crippen LogP contribution in [0.1, 0.15) is 42.4 Å². The largest absolute Gasteiger partial charge is 0.449 e. The molecule has 356 valence electrons. The van der Waals surface area contributed by atoms with Crippen LogP contribution in [0.3, 0.4) is 0 Å². The fraction of sp³-hybridized carbons (Fsp3) is 0.444. The molecule has 1 saturated heterocycles. The maximum absolute atomic E-state index is 13.5. The minimum atomic E-state index is -1.65. The molecular formula is C45H57N7O14. The van der Waals surface area contributed by atoms with E-state index in [-0.39, 0.29) is 51.6 Å². The van der Waals surface area contributed by atoms with Crippen molar-refractivity contribution in [3.05, 3.63) is 95.6 Å². The fourth-order valence-corrected chi connectivity index (χ4v) is 7.40. The van der Waals surface area contributed by atoms with E-state index in [2.05, 4.69) is 37.2 Å². The van der Waals surface area contributed by atoms with Gasteiger partial charge in [-0.25, -0.2) is 4.79 Å². The summed E-state index contributed by atoms with van der Waals surface area (Å²) in [6.07, 6.45) is -8.83. The molecule has 0 spiro atoms. The number of alkyl carbamates (subject to hydrolysis) is 1. The molecule has 0 saturated carbocycles. The highest BCUT2D eigenvalue weighted by atomic mass is 16.6. The number of rotatable bonds is 23. The molecule has 1 fully saturated rings. The molecule has 0 radical (unpaired) electrons. The first kappa shape index (κ1) is 50.5. The number of ether oxygens (including phenoxy) is 3. The molecule has 0 bridgehead atoms. The Hall–Kier alpha value is -6.49. The van der Waals surface area contributed by atoms with Gasteiger partial charge in [-0.2, -0.15) is 0 Å². The summed E-state index contributed by atoms with van der Waals surface area (Å²) >= 11 is 0. The lowest BCUT2D eigenvalue weighted by molar-refractivity contribution is -0.227. The van der Waals surface area contributed by atoms with Crippen molar-refractivity contribution in [3.63, 3.8) is 0 Å². The van der Waals surface area contributed by atoms with Gasteiger partial charge in [0.05, 0.1) is 26.2 Å². The molecule has 11 N–H and O–H groups in total. The molecule has 5 rings (SSSR count). The van der Waals surface area contributed by atoms with E-state index in [1.54, 1.807) is 37.3 Å². The lowest BCUT2D eigenvalue weighted by Gasteiger charge is -2.40. The number of aliphatic hydroxyl groups is 4. The van der Waals surface area contributed by atoms with Gasteiger partial charge >= 0.3 is 6.09 Å². The molecule has 3 aromatic rings. The number of carbonyl (C=O) groups is 7. The zero-order valence-corrected chi connectivity index (χ0v) is 36.3. The molecule has 21 nitrogen and oxygen atoms in total. The Morgan fingerprint density at radius 1 is 0.636 bits per heavy atom. The summed E-state index contributed by atoms with van der Waals surface area (Å²) in [6.45, 7) is -0.641. The summed E-state index contributed by atoms with van der Waals surface area (Å²) in [7, 11) is 0. The number of hydrogen-bond donors (Lipinski definition) is 11. The maximum atomic E-state index is 13.5. The van der Waals surface area contributed by atoms with Crippen molar-refractivity contribution in [3.8, 4) is 11.1 Å². The second kappa shape index (κ2) is 25.3. The number of amides is 7. The molecule has 2 aliphatic rings. The monoisotopic (exact) mass is 919 g/mol. The lowest BCUT2D eigenvalue weighted by Crippen LogP contribution is -2.60. The van der Waals surface area contributed by atoms with Crippen LogP contribution in [-0.4, -0.2) is 157 Å². The van der Waals surface area contributed by atoms with Crippen molar-refractivity contribution in [2.45, 2.75) is 74.7 Å². The van der Waals surface area contributed by atoms with E-state index in [9.17, 15) is 54.0 Å².